The molecule has 1 aliphatic heterocycles. The summed E-state index contributed by atoms with van der Waals surface area (Å²) in [6, 6.07) is 9.92. The summed E-state index contributed by atoms with van der Waals surface area (Å²) in [5, 5.41) is 3.24. The summed E-state index contributed by atoms with van der Waals surface area (Å²) in [5.41, 5.74) is 0.801. The summed E-state index contributed by atoms with van der Waals surface area (Å²) < 4.78 is 38.1. The predicted octanol–water partition coefficient (Wildman–Crippen LogP) is 2.30. The van der Waals surface area contributed by atoms with E-state index in [1.165, 1.54) is 23.5 Å². The van der Waals surface area contributed by atoms with Crippen molar-refractivity contribution >= 4 is 39.7 Å². The zero-order chi connectivity index (χ0) is 18.7. The number of carbonyl (C=O) groups excluding carboxylic acids is 1. The maximum absolute atomic E-state index is 13.2. The van der Waals surface area contributed by atoms with Gasteiger partial charge in [0.1, 0.15) is 14.8 Å². The van der Waals surface area contributed by atoms with E-state index in [1.54, 1.807) is 7.11 Å². The summed E-state index contributed by atoms with van der Waals surface area (Å²) in [5.74, 6) is 0.0980. The molecule has 1 aromatic heterocycles. The third-order valence-corrected chi connectivity index (χ3v) is 7.66. The zero-order valence-electron chi connectivity index (χ0n) is 14.9. The maximum Gasteiger partial charge on any atom is 0.348 e. The van der Waals surface area contributed by atoms with Crippen LogP contribution in [0.2, 0.25) is 0 Å². The van der Waals surface area contributed by atoms with E-state index in [0.29, 0.717) is 25.4 Å². The van der Waals surface area contributed by atoms with Gasteiger partial charge in [-0.3, -0.25) is 0 Å². The number of rotatable bonds is 5. The van der Waals surface area contributed by atoms with E-state index in [9.17, 15) is 13.2 Å². The van der Waals surface area contributed by atoms with E-state index in [0.717, 1.165) is 16.9 Å². The molecule has 0 radical (unpaired) electrons. The Labute approximate surface area is 168 Å². The fourth-order valence-corrected chi connectivity index (χ4v) is 5.92. The largest absolute Gasteiger partial charge is 0.496 e. The van der Waals surface area contributed by atoms with Crippen LogP contribution in [-0.4, -0.2) is 52.5 Å². The molecule has 10 heteroatoms. The Morgan fingerprint density at radius 1 is 1.22 bits per heavy atom. The third-order valence-electron chi connectivity index (χ3n) is 4.22. The van der Waals surface area contributed by atoms with Crippen molar-refractivity contribution in [2.45, 2.75) is 10.3 Å². The molecule has 1 N–H and O–H groups in total. The minimum absolute atomic E-state index is 0. The molecule has 1 saturated heterocycles. The van der Waals surface area contributed by atoms with Crippen LogP contribution in [0.5, 0.6) is 5.75 Å². The van der Waals surface area contributed by atoms with Crippen LogP contribution >= 0.6 is 23.7 Å². The Hall–Kier alpha value is -1.65. The number of piperazine rings is 1. The van der Waals surface area contributed by atoms with Crippen molar-refractivity contribution in [1.82, 2.24) is 9.62 Å². The first-order chi connectivity index (χ1) is 12.5. The molecule has 1 fully saturated rings. The highest BCUT2D eigenvalue weighted by atomic mass is 35.5. The highest BCUT2D eigenvalue weighted by Crippen LogP contribution is 2.35. The minimum Gasteiger partial charge on any atom is -0.496 e. The van der Waals surface area contributed by atoms with Crippen molar-refractivity contribution in [3.05, 3.63) is 46.8 Å². The number of esters is 1. The molecule has 1 aliphatic rings. The van der Waals surface area contributed by atoms with E-state index < -0.39 is 22.0 Å². The molecule has 1 aromatic carbocycles. The van der Waals surface area contributed by atoms with E-state index in [1.807, 2.05) is 24.3 Å². The first-order valence-corrected chi connectivity index (χ1v) is 10.3. The topological polar surface area (TPSA) is 84.9 Å². The smallest absolute Gasteiger partial charge is 0.348 e. The number of thiophene rings is 1. The fraction of sp³-hybridized carbons (Fsp3) is 0.353. The first kappa shape index (κ1) is 21.6. The summed E-state index contributed by atoms with van der Waals surface area (Å²) in [6.07, 6.45) is 0. The van der Waals surface area contributed by atoms with Crippen LogP contribution in [0.25, 0.3) is 0 Å². The standard InChI is InChI=1S/C17H20N2O5S2.ClH/c1-23-14-6-4-3-5-12(14)13-11-18-9-10-19(13)26(21,22)16-8-7-15(25-16)17(20)24-2;/h3-8,13,18H,9-11H2,1-2H3;1H. The number of hydrogen-bond donors (Lipinski definition) is 1. The van der Waals surface area contributed by atoms with Gasteiger partial charge < -0.3 is 14.8 Å². The Balaban J connectivity index is 0.00000261. The van der Waals surface area contributed by atoms with Crippen molar-refractivity contribution in [2.24, 2.45) is 0 Å². The molecule has 27 heavy (non-hydrogen) atoms. The second kappa shape index (κ2) is 9.03. The lowest BCUT2D eigenvalue weighted by Gasteiger charge is -2.35. The Bertz CT molecular complexity index is 900. The van der Waals surface area contributed by atoms with Crippen LogP contribution in [0.15, 0.2) is 40.6 Å². The molecule has 0 aliphatic carbocycles. The van der Waals surface area contributed by atoms with Gasteiger partial charge in [-0.1, -0.05) is 18.2 Å². The second-order valence-electron chi connectivity index (χ2n) is 5.69. The second-order valence-corrected chi connectivity index (χ2v) is 8.89. The van der Waals surface area contributed by atoms with Gasteiger partial charge in [0.2, 0.25) is 0 Å². The lowest BCUT2D eigenvalue weighted by Crippen LogP contribution is -2.48. The number of nitrogens with one attached hydrogen (secondary N) is 1. The van der Waals surface area contributed by atoms with Crippen molar-refractivity contribution in [3.63, 3.8) is 0 Å². The monoisotopic (exact) mass is 432 g/mol. The van der Waals surface area contributed by atoms with Crippen LogP contribution in [0.3, 0.4) is 0 Å². The predicted molar refractivity (Wildman–Crippen MR) is 105 cm³/mol. The van der Waals surface area contributed by atoms with Gasteiger partial charge in [0.15, 0.2) is 0 Å². The van der Waals surface area contributed by atoms with E-state index >= 15 is 0 Å². The molecular weight excluding hydrogens is 412 g/mol. The van der Waals surface area contributed by atoms with Gasteiger partial charge in [-0.15, -0.1) is 23.7 Å². The first-order valence-electron chi connectivity index (χ1n) is 8.02. The van der Waals surface area contributed by atoms with Gasteiger partial charge in [-0.2, -0.15) is 4.31 Å². The summed E-state index contributed by atoms with van der Waals surface area (Å²) >= 11 is 0.918. The number of benzene rings is 1. The van der Waals surface area contributed by atoms with Crippen molar-refractivity contribution in [2.75, 3.05) is 33.9 Å². The lowest BCUT2D eigenvalue weighted by molar-refractivity contribution is 0.0606. The quantitative estimate of drug-likeness (QED) is 0.730. The van der Waals surface area contributed by atoms with Crippen LogP contribution in [0.1, 0.15) is 21.3 Å². The van der Waals surface area contributed by atoms with E-state index in [-0.39, 0.29) is 21.5 Å². The van der Waals surface area contributed by atoms with E-state index in [4.69, 9.17) is 4.74 Å². The summed E-state index contributed by atoms with van der Waals surface area (Å²) in [4.78, 5) is 11.9. The summed E-state index contributed by atoms with van der Waals surface area (Å²) in [6.45, 7) is 1.37. The number of para-hydroxylation sites is 1. The highest BCUT2D eigenvalue weighted by molar-refractivity contribution is 7.91. The number of ether oxygens (including phenoxy) is 2. The average molecular weight is 433 g/mol. The Morgan fingerprint density at radius 2 is 1.96 bits per heavy atom. The molecule has 3 rings (SSSR count). The summed E-state index contributed by atoms with van der Waals surface area (Å²) in [7, 11) is -0.923. The van der Waals surface area contributed by atoms with Gasteiger partial charge in [-0.25, -0.2) is 13.2 Å². The van der Waals surface area contributed by atoms with Crippen molar-refractivity contribution in [3.8, 4) is 5.75 Å². The number of halogens is 1. The number of methoxy groups -OCH3 is 2. The molecule has 2 heterocycles. The molecule has 0 bridgehead atoms. The van der Waals surface area contributed by atoms with Crippen LogP contribution < -0.4 is 10.1 Å². The number of hydrogen-bond acceptors (Lipinski definition) is 7. The zero-order valence-corrected chi connectivity index (χ0v) is 17.3. The van der Waals surface area contributed by atoms with Gasteiger partial charge in [0.05, 0.1) is 20.3 Å². The Morgan fingerprint density at radius 3 is 2.67 bits per heavy atom. The third kappa shape index (κ3) is 4.27. The number of carbonyl (C=O) groups is 1. The van der Waals surface area contributed by atoms with Crippen LogP contribution in [-0.2, 0) is 14.8 Å². The molecule has 0 amide bonds. The Kier molecular flexibility index (Phi) is 7.24. The van der Waals surface area contributed by atoms with Crippen molar-refractivity contribution < 1.29 is 22.7 Å². The lowest BCUT2D eigenvalue weighted by atomic mass is 10.0. The minimum atomic E-state index is -3.76. The highest BCUT2D eigenvalue weighted by Gasteiger charge is 2.36. The SMILES string of the molecule is COC(=O)c1ccc(S(=O)(=O)N2CCNCC2c2ccccc2OC)s1.Cl. The van der Waals surface area contributed by atoms with Crippen molar-refractivity contribution in [1.29, 1.82) is 0 Å². The molecule has 7 nitrogen and oxygen atoms in total. The molecule has 1 atom stereocenters. The van der Waals surface area contributed by atoms with E-state index in [2.05, 4.69) is 10.1 Å². The fourth-order valence-electron chi connectivity index (χ4n) is 2.96. The molecule has 0 saturated carbocycles. The van der Waals surface area contributed by atoms with Crippen LogP contribution in [0.4, 0.5) is 0 Å². The maximum atomic E-state index is 13.2. The van der Waals surface area contributed by atoms with Gasteiger partial charge >= 0.3 is 5.97 Å². The van der Waals surface area contributed by atoms with Crippen LogP contribution in [0, 0.1) is 0 Å². The van der Waals surface area contributed by atoms with Gasteiger partial charge in [0.25, 0.3) is 10.0 Å². The molecular formula is C17H21ClN2O5S2. The number of sulfonamides is 1. The van der Waals surface area contributed by atoms with Gasteiger partial charge in [-0.05, 0) is 18.2 Å². The molecule has 2 aromatic rings. The number of nitrogens with zero attached hydrogens (tertiary/aromatic N) is 1. The van der Waals surface area contributed by atoms with Gasteiger partial charge in [0, 0.05) is 25.2 Å². The molecule has 0 spiro atoms. The normalized spacial score (nSPS) is 17.8. The molecule has 148 valence electrons. The molecule has 1 unspecified atom stereocenters. The average Bonchev–Trinajstić information content (AvgIpc) is 3.18.